The van der Waals surface area contributed by atoms with E-state index in [4.69, 9.17) is 0 Å². The average Bonchev–Trinajstić information content (AvgIpc) is 3.25. The number of hydrogen-bond donors (Lipinski definition) is 2. The van der Waals surface area contributed by atoms with Gasteiger partial charge in [-0.2, -0.15) is 0 Å². The standard InChI is InChI=1S/C16H25N5O2/c1-10(2)17-16(23)14-9-21(20-19-14)13-7-5-12(6-8-13)18-15(22)11-3-4-11/h9-13H,3-8H2,1-2H3,(H,17,23)(H,18,22). The van der Waals surface area contributed by atoms with Crippen molar-refractivity contribution < 1.29 is 9.59 Å². The Labute approximate surface area is 136 Å². The van der Waals surface area contributed by atoms with Crippen LogP contribution in [0, 0.1) is 5.92 Å². The molecule has 0 unspecified atom stereocenters. The zero-order valence-corrected chi connectivity index (χ0v) is 13.8. The van der Waals surface area contributed by atoms with Gasteiger partial charge in [0.25, 0.3) is 5.91 Å². The molecule has 0 radical (unpaired) electrons. The Kier molecular flexibility index (Phi) is 4.63. The van der Waals surface area contributed by atoms with Gasteiger partial charge in [-0.25, -0.2) is 4.68 Å². The van der Waals surface area contributed by atoms with Crippen LogP contribution in [0.3, 0.4) is 0 Å². The quantitative estimate of drug-likeness (QED) is 0.859. The third-order valence-electron chi connectivity index (χ3n) is 4.53. The van der Waals surface area contributed by atoms with Gasteiger partial charge in [-0.05, 0) is 52.4 Å². The highest BCUT2D eigenvalue weighted by molar-refractivity contribution is 5.92. The van der Waals surface area contributed by atoms with Gasteiger partial charge in [0.05, 0.1) is 12.2 Å². The van der Waals surface area contributed by atoms with Crippen molar-refractivity contribution in [1.82, 2.24) is 25.6 Å². The number of hydrogen-bond acceptors (Lipinski definition) is 4. The Balaban J connectivity index is 1.50. The minimum Gasteiger partial charge on any atom is -0.353 e. The van der Waals surface area contributed by atoms with Gasteiger partial charge in [-0.3, -0.25) is 9.59 Å². The average molecular weight is 319 g/mol. The first-order valence-electron chi connectivity index (χ1n) is 8.56. The Bertz CT molecular complexity index is 571. The summed E-state index contributed by atoms with van der Waals surface area (Å²) >= 11 is 0. The van der Waals surface area contributed by atoms with E-state index < -0.39 is 0 Å². The normalized spacial score (nSPS) is 24.5. The van der Waals surface area contributed by atoms with Gasteiger partial charge < -0.3 is 10.6 Å². The molecule has 0 aromatic carbocycles. The number of carbonyl (C=O) groups is 2. The maximum atomic E-state index is 11.9. The van der Waals surface area contributed by atoms with E-state index in [9.17, 15) is 9.59 Å². The number of aromatic nitrogens is 3. The summed E-state index contributed by atoms with van der Waals surface area (Å²) in [5.74, 6) is 0.309. The molecule has 3 rings (SSSR count). The Hall–Kier alpha value is -1.92. The number of nitrogens with zero attached hydrogens (tertiary/aromatic N) is 3. The molecule has 0 atom stereocenters. The van der Waals surface area contributed by atoms with Crippen molar-refractivity contribution in [3.05, 3.63) is 11.9 Å². The van der Waals surface area contributed by atoms with E-state index >= 15 is 0 Å². The lowest BCUT2D eigenvalue weighted by atomic mass is 9.91. The second kappa shape index (κ2) is 6.68. The van der Waals surface area contributed by atoms with Crippen molar-refractivity contribution in [1.29, 1.82) is 0 Å². The van der Waals surface area contributed by atoms with Gasteiger partial charge in [-0.15, -0.1) is 5.10 Å². The van der Waals surface area contributed by atoms with Crippen molar-refractivity contribution in [2.24, 2.45) is 5.92 Å². The lowest BCUT2D eigenvalue weighted by Crippen LogP contribution is -2.38. The summed E-state index contributed by atoms with van der Waals surface area (Å²) in [5, 5.41) is 14.1. The lowest BCUT2D eigenvalue weighted by Gasteiger charge is -2.28. The topological polar surface area (TPSA) is 88.9 Å². The highest BCUT2D eigenvalue weighted by Crippen LogP contribution is 2.31. The summed E-state index contributed by atoms with van der Waals surface area (Å²) < 4.78 is 1.80. The van der Waals surface area contributed by atoms with E-state index in [0.29, 0.717) is 5.69 Å². The van der Waals surface area contributed by atoms with Gasteiger partial charge in [0.2, 0.25) is 5.91 Å². The molecule has 1 aromatic heterocycles. The molecule has 1 heterocycles. The van der Waals surface area contributed by atoms with Crippen molar-refractivity contribution in [3.63, 3.8) is 0 Å². The minimum absolute atomic E-state index is 0.0816. The summed E-state index contributed by atoms with van der Waals surface area (Å²) in [6.07, 6.45) is 7.62. The molecule has 2 N–H and O–H groups in total. The molecule has 2 aliphatic carbocycles. The molecule has 7 nitrogen and oxygen atoms in total. The SMILES string of the molecule is CC(C)NC(=O)c1cn(C2CCC(NC(=O)C3CC3)CC2)nn1. The lowest BCUT2D eigenvalue weighted by molar-refractivity contribution is -0.123. The van der Waals surface area contributed by atoms with Crippen molar-refractivity contribution >= 4 is 11.8 Å². The van der Waals surface area contributed by atoms with Crippen LogP contribution in [0.25, 0.3) is 0 Å². The highest BCUT2D eigenvalue weighted by atomic mass is 16.2. The molecule has 1 aromatic rings. The fourth-order valence-corrected chi connectivity index (χ4v) is 3.04. The minimum atomic E-state index is -0.184. The molecule has 23 heavy (non-hydrogen) atoms. The first kappa shape index (κ1) is 16.0. The van der Waals surface area contributed by atoms with Crippen LogP contribution < -0.4 is 10.6 Å². The summed E-state index contributed by atoms with van der Waals surface area (Å²) in [5.41, 5.74) is 0.364. The van der Waals surface area contributed by atoms with Crippen LogP contribution in [0.5, 0.6) is 0 Å². The van der Waals surface area contributed by atoms with Crippen molar-refractivity contribution in [3.8, 4) is 0 Å². The third kappa shape index (κ3) is 4.09. The fourth-order valence-electron chi connectivity index (χ4n) is 3.04. The zero-order chi connectivity index (χ0) is 16.4. The summed E-state index contributed by atoms with van der Waals surface area (Å²) in [6, 6.07) is 0.627. The number of carbonyl (C=O) groups excluding carboxylic acids is 2. The maximum absolute atomic E-state index is 11.9. The molecule has 126 valence electrons. The van der Waals surface area contributed by atoms with Gasteiger partial charge in [0.1, 0.15) is 0 Å². The van der Waals surface area contributed by atoms with E-state index in [0.717, 1.165) is 38.5 Å². The molecule has 0 aliphatic heterocycles. The Morgan fingerprint density at radius 3 is 2.48 bits per heavy atom. The van der Waals surface area contributed by atoms with Crippen LogP contribution in [-0.2, 0) is 4.79 Å². The maximum Gasteiger partial charge on any atom is 0.273 e. The van der Waals surface area contributed by atoms with Crippen LogP contribution in [0.1, 0.15) is 68.9 Å². The van der Waals surface area contributed by atoms with Crippen LogP contribution in [0.15, 0.2) is 6.20 Å². The van der Waals surface area contributed by atoms with Crippen molar-refractivity contribution in [2.75, 3.05) is 0 Å². The van der Waals surface area contributed by atoms with Crippen LogP contribution in [0.2, 0.25) is 0 Å². The van der Waals surface area contributed by atoms with Gasteiger partial charge in [-0.1, -0.05) is 5.21 Å². The monoisotopic (exact) mass is 319 g/mol. The summed E-state index contributed by atoms with van der Waals surface area (Å²) in [6.45, 7) is 3.83. The predicted octanol–water partition coefficient (Wildman–Crippen LogP) is 1.43. The first-order valence-corrected chi connectivity index (χ1v) is 8.56. The predicted molar refractivity (Wildman–Crippen MR) is 84.8 cm³/mol. The molecule has 0 spiro atoms. The van der Waals surface area contributed by atoms with Crippen LogP contribution in [-0.4, -0.2) is 38.9 Å². The van der Waals surface area contributed by atoms with E-state index in [2.05, 4.69) is 20.9 Å². The fraction of sp³-hybridized carbons (Fsp3) is 0.750. The molecule has 2 amide bonds. The molecule has 0 saturated heterocycles. The number of nitrogens with one attached hydrogen (secondary N) is 2. The first-order chi connectivity index (χ1) is 11.0. The van der Waals surface area contributed by atoms with E-state index in [-0.39, 0.29) is 35.9 Å². The zero-order valence-electron chi connectivity index (χ0n) is 13.8. The van der Waals surface area contributed by atoms with E-state index in [1.165, 1.54) is 0 Å². The second-order valence-electron chi connectivity index (χ2n) is 7.00. The molecular formula is C16H25N5O2. The van der Waals surface area contributed by atoms with Gasteiger partial charge in [0.15, 0.2) is 5.69 Å². The van der Waals surface area contributed by atoms with Crippen LogP contribution in [0.4, 0.5) is 0 Å². The second-order valence-corrected chi connectivity index (χ2v) is 7.00. The number of amides is 2. The summed E-state index contributed by atoms with van der Waals surface area (Å²) in [7, 11) is 0. The third-order valence-corrected chi connectivity index (χ3v) is 4.53. The molecule has 2 saturated carbocycles. The Morgan fingerprint density at radius 2 is 1.87 bits per heavy atom. The molecule has 0 bridgehead atoms. The Morgan fingerprint density at radius 1 is 1.17 bits per heavy atom. The van der Waals surface area contributed by atoms with E-state index in [1.807, 2.05) is 13.8 Å². The largest absolute Gasteiger partial charge is 0.353 e. The summed E-state index contributed by atoms with van der Waals surface area (Å²) in [4.78, 5) is 23.7. The highest BCUT2D eigenvalue weighted by Gasteiger charge is 2.32. The molecule has 2 aliphatic rings. The van der Waals surface area contributed by atoms with E-state index in [1.54, 1.807) is 10.9 Å². The smallest absolute Gasteiger partial charge is 0.273 e. The van der Waals surface area contributed by atoms with Gasteiger partial charge >= 0.3 is 0 Å². The van der Waals surface area contributed by atoms with Crippen molar-refractivity contribution in [2.45, 2.75) is 70.5 Å². The molecule has 7 heteroatoms. The van der Waals surface area contributed by atoms with Gasteiger partial charge in [0, 0.05) is 18.0 Å². The van der Waals surface area contributed by atoms with Crippen LogP contribution >= 0.6 is 0 Å². The molecule has 2 fully saturated rings. The molecular weight excluding hydrogens is 294 g/mol. The number of rotatable bonds is 5.